The molecule has 0 bridgehead atoms. The molecule has 2 aliphatic heterocycles. The number of ether oxygens (including phenoxy) is 3. The van der Waals surface area contributed by atoms with E-state index in [2.05, 4.69) is 12.2 Å². The van der Waals surface area contributed by atoms with Crippen LogP contribution in [0.15, 0.2) is 0 Å². The summed E-state index contributed by atoms with van der Waals surface area (Å²) in [5.74, 6) is -1.05. The van der Waals surface area contributed by atoms with Gasteiger partial charge in [-0.05, 0) is 25.7 Å². The smallest absolute Gasteiger partial charge is 0.188 e. The fourth-order valence-corrected chi connectivity index (χ4v) is 6.54. The molecule has 8 unspecified atom stereocenters. The summed E-state index contributed by atoms with van der Waals surface area (Å²) in [5, 5.41) is 3.16. The maximum absolute atomic E-state index is 13.7. The molecule has 6 nitrogen and oxygen atoms in total. The topological polar surface area (TPSA) is 73.9 Å². The number of carbonyl (C=O) groups excluding carboxylic acids is 2. The first-order chi connectivity index (χ1) is 13.4. The summed E-state index contributed by atoms with van der Waals surface area (Å²) in [7, 11) is 3.20. The predicted octanol–water partition coefficient (Wildman–Crippen LogP) is 2.11. The molecule has 2 saturated heterocycles. The van der Waals surface area contributed by atoms with Crippen molar-refractivity contribution in [3.8, 4) is 0 Å². The Hall–Kier alpha value is -0.530. The first-order valence-corrected chi connectivity index (χ1v) is 11.0. The minimum absolute atomic E-state index is 0.0506. The summed E-state index contributed by atoms with van der Waals surface area (Å²) in [5.41, 5.74) is -1.39. The van der Waals surface area contributed by atoms with Gasteiger partial charge < -0.3 is 19.5 Å². The van der Waals surface area contributed by atoms with Gasteiger partial charge in [-0.2, -0.15) is 0 Å². The van der Waals surface area contributed by atoms with Crippen LogP contribution in [0.25, 0.3) is 0 Å². The van der Waals surface area contributed by atoms with Gasteiger partial charge >= 0.3 is 0 Å². The molecular weight excluding hydrogens is 382 g/mol. The number of fused-ring (bicyclic) bond motifs is 2. The molecule has 2 saturated carbocycles. The van der Waals surface area contributed by atoms with Gasteiger partial charge in [0.15, 0.2) is 17.2 Å². The first-order valence-electron chi connectivity index (χ1n) is 10.6. The molecule has 1 spiro atoms. The quantitative estimate of drug-likeness (QED) is 0.564. The Kier molecular flexibility index (Phi) is 5.64. The number of hydrogen-bond donors (Lipinski definition) is 1. The third-order valence-electron chi connectivity index (χ3n) is 7.74. The normalized spacial score (nSPS) is 51.2. The number of Topliss-reactive ketones (excluding diaryl/α,β-unsaturated/α-hetero) is 2. The van der Waals surface area contributed by atoms with Gasteiger partial charge in [0.05, 0.1) is 29.6 Å². The number of halogens is 1. The highest BCUT2D eigenvalue weighted by molar-refractivity contribution is 6.23. The van der Waals surface area contributed by atoms with Crippen molar-refractivity contribution in [1.82, 2.24) is 5.32 Å². The Morgan fingerprint density at radius 2 is 1.86 bits per heavy atom. The summed E-state index contributed by atoms with van der Waals surface area (Å²) in [6.45, 7) is 4.14. The van der Waals surface area contributed by atoms with E-state index < -0.39 is 23.0 Å². The van der Waals surface area contributed by atoms with E-state index in [-0.39, 0.29) is 41.7 Å². The lowest BCUT2D eigenvalue weighted by atomic mass is 9.62. The van der Waals surface area contributed by atoms with Crippen LogP contribution in [0.2, 0.25) is 0 Å². The van der Waals surface area contributed by atoms with E-state index >= 15 is 0 Å². The van der Waals surface area contributed by atoms with Crippen molar-refractivity contribution in [3.63, 3.8) is 0 Å². The van der Waals surface area contributed by atoms with Gasteiger partial charge in [-0.15, -0.1) is 11.6 Å². The number of alkyl halides is 1. The molecule has 4 aliphatic rings. The maximum Gasteiger partial charge on any atom is 0.188 e. The summed E-state index contributed by atoms with van der Waals surface area (Å²) in [6.07, 6.45) is 2.95. The van der Waals surface area contributed by atoms with E-state index in [0.29, 0.717) is 12.5 Å². The van der Waals surface area contributed by atoms with Gasteiger partial charge in [-0.3, -0.25) is 9.59 Å². The average Bonchev–Trinajstić information content (AvgIpc) is 3.01. The summed E-state index contributed by atoms with van der Waals surface area (Å²) < 4.78 is 17.5. The molecule has 0 aromatic carbocycles. The van der Waals surface area contributed by atoms with Gasteiger partial charge in [0.1, 0.15) is 0 Å². The highest BCUT2D eigenvalue weighted by Crippen LogP contribution is 2.52. The summed E-state index contributed by atoms with van der Waals surface area (Å²) in [4.78, 5) is 27.4. The van der Waals surface area contributed by atoms with E-state index in [1.807, 2.05) is 6.92 Å². The van der Waals surface area contributed by atoms with Gasteiger partial charge in [-0.25, -0.2) is 0 Å². The fraction of sp³-hybridized carbons (Fsp3) is 0.905. The van der Waals surface area contributed by atoms with E-state index in [1.165, 1.54) is 0 Å². The van der Waals surface area contributed by atoms with Crippen LogP contribution in [0.3, 0.4) is 0 Å². The van der Waals surface area contributed by atoms with Crippen LogP contribution in [-0.4, -0.2) is 67.2 Å². The van der Waals surface area contributed by atoms with Crippen LogP contribution in [-0.2, 0) is 23.8 Å². The van der Waals surface area contributed by atoms with Crippen LogP contribution in [0.4, 0.5) is 0 Å². The number of methoxy groups -OCH3 is 2. The number of carbonyl (C=O) groups is 2. The van der Waals surface area contributed by atoms with E-state index in [9.17, 15) is 9.59 Å². The van der Waals surface area contributed by atoms with Crippen molar-refractivity contribution in [2.75, 3.05) is 14.2 Å². The van der Waals surface area contributed by atoms with Crippen LogP contribution in [0, 0.1) is 17.8 Å². The molecule has 0 aromatic rings. The van der Waals surface area contributed by atoms with E-state index in [0.717, 1.165) is 25.7 Å². The first kappa shape index (κ1) is 20.7. The molecule has 2 heterocycles. The Bertz CT molecular complexity index is 644. The Morgan fingerprint density at radius 3 is 2.50 bits per heavy atom. The largest absolute Gasteiger partial charge is 0.380 e. The monoisotopic (exact) mass is 413 g/mol. The number of piperidine rings is 1. The third-order valence-corrected chi connectivity index (χ3v) is 8.27. The van der Waals surface area contributed by atoms with Gasteiger partial charge in [0.25, 0.3) is 0 Å². The predicted molar refractivity (Wildman–Crippen MR) is 104 cm³/mol. The zero-order valence-corrected chi connectivity index (χ0v) is 17.9. The zero-order valence-electron chi connectivity index (χ0n) is 17.2. The summed E-state index contributed by atoms with van der Waals surface area (Å²) in [6, 6.07) is 0.577. The van der Waals surface area contributed by atoms with Crippen LogP contribution in [0.5, 0.6) is 0 Å². The average molecular weight is 414 g/mol. The molecule has 4 fully saturated rings. The second kappa shape index (κ2) is 7.62. The fourth-order valence-electron chi connectivity index (χ4n) is 6.13. The SMILES string of the molecule is CCC1CCC2C(=O)[C@@]3(OC4C(Cl)C(OC)CC(OC)C4C3=O)[C@H](C)CC2N1. The molecule has 0 radical (unpaired) electrons. The molecule has 0 amide bonds. The van der Waals surface area contributed by atoms with Crippen molar-refractivity contribution in [3.05, 3.63) is 0 Å². The van der Waals surface area contributed by atoms with Gasteiger partial charge in [0.2, 0.25) is 0 Å². The van der Waals surface area contributed by atoms with E-state index in [4.69, 9.17) is 25.8 Å². The van der Waals surface area contributed by atoms with Gasteiger partial charge in [0, 0.05) is 44.6 Å². The number of rotatable bonds is 3. The zero-order chi connectivity index (χ0) is 20.2. The number of ketones is 2. The molecule has 7 heteroatoms. The highest BCUT2D eigenvalue weighted by atomic mass is 35.5. The van der Waals surface area contributed by atoms with Gasteiger partial charge in [-0.1, -0.05) is 13.8 Å². The van der Waals surface area contributed by atoms with Crippen LogP contribution >= 0.6 is 11.6 Å². The van der Waals surface area contributed by atoms with Crippen molar-refractivity contribution < 1.29 is 23.8 Å². The summed E-state index contributed by atoms with van der Waals surface area (Å²) >= 11 is 6.66. The minimum Gasteiger partial charge on any atom is -0.380 e. The molecule has 158 valence electrons. The van der Waals surface area contributed by atoms with Crippen molar-refractivity contribution in [2.45, 2.75) is 87.3 Å². The van der Waals surface area contributed by atoms with Crippen LogP contribution < -0.4 is 5.32 Å². The van der Waals surface area contributed by atoms with Crippen molar-refractivity contribution in [2.24, 2.45) is 17.8 Å². The lowest BCUT2D eigenvalue weighted by Crippen LogP contribution is -2.65. The Morgan fingerprint density at radius 1 is 1.14 bits per heavy atom. The second-order valence-electron chi connectivity index (χ2n) is 9.00. The standard InChI is InChI=1S/C21H32ClNO5/c1-5-11-6-7-12-13(23-11)8-10(2)21(19(12)24)20(25)16-14(26-3)9-15(27-4)17(22)18(16)28-21/h10-18,23H,5-9H2,1-4H3/t10-,11?,12?,13?,14?,15?,16?,17?,18?,21+/m1/s1. The lowest BCUT2D eigenvalue weighted by Gasteiger charge is -2.48. The number of hydrogen-bond acceptors (Lipinski definition) is 6. The highest BCUT2D eigenvalue weighted by Gasteiger charge is 2.69. The molecule has 2 aliphatic carbocycles. The van der Waals surface area contributed by atoms with Crippen LogP contribution in [0.1, 0.15) is 46.0 Å². The third kappa shape index (κ3) is 2.83. The van der Waals surface area contributed by atoms with Crippen molar-refractivity contribution >= 4 is 23.2 Å². The van der Waals surface area contributed by atoms with E-state index in [1.54, 1.807) is 14.2 Å². The molecule has 1 N–H and O–H groups in total. The molecule has 10 atom stereocenters. The Balaban J connectivity index is 1.66. The second-order valence-corrected chi connectivity index (χ2v) is 9.50. The number of nitrogens with one attached hydrogen (secondary N) is 1. The maximum atomic E-state index is 13.7. The van der Waals surface area contributed by atoms with Crippen molar-refractivity contribution in [1.29, 1.82) is 0 Å². The molecule has 28 heavy (non-hydrogen) atoms. The lowest BCUT2D eigenvalue weighted by molar-refractivity contribution is -0.172. The Labute approximate surface area is 172 Å². The minimum atomic E-state index is -1.39. The molecule has 4 rings (SSSR count). The molecule has 0 aromatic heterocycles. The molecular formula is C21H32ClNO5.